The van der Waals surface area contributed by atoms with E-state index in [0.717, 1.165) is 38.1 Å². The van der Waals surface area contributed by atoms with Crippen LogP contribution in [0.3, 0.4) is 0 Å². The van der Waals surface area contributed by atoms with E-state index >= 15 is 0 Å². The van der Waals surface area contributed by atoms with Crippen molar-refractivity contribution in [2.75, 3.05) is 10.8 Å². The van der Waals surface area contributed by atoms with Gasteiger partial charge in [-0.3, -0.25) is 9.10 Å². The zero-order valence-corrected chi connectivity index (χ0v) is 25.1. The molecule has 1 aromatic heterocycles. The molecule has 208 valence electrons. The molecule has 0 saturated carbocycles. The molecular weight excluding hydrogens is 544 g/mol. The lowest BCUT2D eigenvalue weighted by molar-refractivity contribution is -0.119. The van der Waals surface area contributed by atoms with Gasteiger partial charge in [-0.1, -0.05) is 23.7 Å². The van der Waals surface area contributed by atoms with Crippen molar-refractivity contribution in [1.82, 2.24) is 9.99 Å². The predicted molar refractivity (Wildman–Crippen MR) is 162 cm³/mol. The van der Waals surface area contributed by atoms with Crippen molar-refractivity contribution >= 4 is 39.4 Å². The van der Waals surface area contributed by atoms with Gasteiger partial charge >= 0.3 is 0 Å². The highest BCUT2D eigenvalue weighted by molar-refractivity contribution is 7.92. The quantitative estimate of drug-likeness (QED) is 0.197. The Hall–Kier alpha value is -3.88. The zero-order chi connectivity index (χ0) is 29.2. The minimum absolute atomic E-state index is 0.0326. The number of rotatable bonds is 8. The number of anilines is 1. The highest BCUT2D eigenvalue weighted by Gasteiger charge is 2.27. The standard InChI is InChI=1S/C31H33ClN4O3S/c1-20-13-21(2)15-29(14-20)36-24(5)17-26(25(36)6)18-33-34-31(37)19-35(28-10-7-22(3)23(4)16-28)40(38,39)30-11-8-27(32)9-12-30/h7-18H,19H2,1-6H3,(H,34,37)/b33-18-. The summed E-state index contributed by atoms with van der Waals surface area (Å²) in [5.41, 5.74) is 11.1. The van der Waals surface area contributed by atoms with E-state index in [1.165, 1.54) is 35.4 Å². The lowest BCUT2D eigenvalue weighted by atomic mass is 10.1. The van der Waals surface area contributed by atoms with E-state index in [1.807, 2.05) is 39.8 Å². The average molecular weight is 577 g/mol. The largest absolute Gasteiger partial charge is 0.318 e. The minimum Gasteiger partial charge on any atom is -0.318 e. The third kappa shape index (κ3) is 6.29. The SMILES string of the molecule is Cc1cc(C)cc(-n2c(C)cc(/C=N\NC(=O)CN(c3ccc(C)c(C)c3)S(=O)(=O)c3ccc(Cl)cc3)c2C)c1. The van der Waals surface area contributed by atoms with Crippen LogP contribution in [0, 0.1) is 41.5 Å². The summed E-state index contributed by atoms with van der Waals surface area (Å²) in [6.45, 7) is 11.5. The Morgan fingerprint density at radius 3 is 2.17 bits per heavy atom. The Morgan fingerprint density at radius 1 is 0.900 bits per heavy atom. The number of amides is 1. The maximum atomic E-state index is 13.6. The summed E-state index contributed by atoms with van der Waals surface area (Å²) >= 11 is 5.97. The molecular formula is C31H33ClN4O3S. The third-order valence-electron chi connectivity index (χ3n) is 6.80. The van der Waals surface area contributed by atoms with Crippen LogP contribution in [-0.2, 0) is 14.8 Å². The molecule has 1 heterocycles. The fraction of sp³-hybridized carbons (Fsp3) is 0.226. The van der Waals surface area contributed by atoms with E-state index in [4.69, 9.17) is 11.6 Å². The molecule has 40 heavy (non-hydrogen) atoms. The number of hydrazone groups is 1. The number of nitrogens with one attached hydrogen (secondary N) is 1. The van der Waals surface area contributed by atoms with E-state index in [1.54, 1.807) is 18.3 Å². The Balaban J connectivity index is 1.58. The molecule has 0 bridgehead atoms. The highest BCUT2D eigenvalue weighted by atomic mass is 35.5. The predicted octanol–water partition coefficient (Wildman–Crippen LogP) is 6.33. The van der Waals surface area contributed by atoms with Gasteiger partial charge in [0.05, 0.1) is 16.8 Å². The molecule has 9 heteroatoms. The van der Waals surface area contributed by atoms with Gasteiger partial charge in [0.2, 0.25) is 0 Å². The van der Waals surface area contributed by atoms with Gasteiger partial charge in [-0.15, -0.1) is 0 Å². The van der Waals surface area contributed by atoms with E-state index in [9.17, 15) is 13.2 Å². The number of halogens is 1. The fourth-order valence-corrected chi connectivity index (χ4v) is 6.20. The van der Waals surface area contributed by atoms with Crippen LogP contribution in [0.5, 0.6) is 0 Å². The van der Waals surface area contributed by atoms with E-state index in [2.05, 4.69) is 47.1 Å². The van der Waals surface area contributed by atoms with Crippen molar-refractivity contribution in [3.05, 3.63) is 111 Å². The number of aromatic nitrogens is 1. The van der Waals surface area contributed by atoms with Crippen LogP contribution in [0.15, 0.2) is 76.7 Å². The van der Waals surface area contributed by atoms with E-state index < -0.39 is 22.5 Å². The Kier molecular flexibility index (Phi) is 8.51. The van der Waals surface area contributed by atoms with Gasteiger partial charge in [-0.2, -0.15) is 5.10 Å². The number of carbonyl (C=O) groups is 1. The Bertz CT molecular complexity index is 1690. The number of carbonyl (C=O) groups excluding carboxylic acids is 1. The summed E-state index contributed by atoms with van der Waals surface area (Å²) < 4.78 is 30.4. The summed E-state index contributed by atoms with van der Waals surface area (Å²) in [7, 11) is -4.06. The van der Waals surface area contributed by atoms with Gasteiger partial charge in [0.25, 0.3) is 15.9 Å². The van der Waals surface area contributed by atoms with Crippen molar-refractivity contribution in [1.29, 1.82) is 0 Å². The van der Waals surface area contributed by atoms with Crippen LogP contribution in [-0.4, -0.2) is 31.7 Å². The average Bonchev–Trinajstić information content (AvgIpc) is 3.16. The molecule has 1 amide bonds. The van der Waals surface area contributed by atoms with Gasteiger partial charge in [-0.25, -0.2) is 13.8 Å². The number of hydrogen-bond donors (Lipinski definition) is 1. The topological polar surface area (TPSA) is 83.8 Å². The molecule has 1 N–H and O–H groups in total. The van der Waals surface area contributed by atoms with Crippen molar-refractivity contribution in [2.24, 2.45) is 5.10 Å². The van der Waals surface area contributed by atoms with Gasteiger partial charge in [0.1, 0.15) is 6.54 Å². The van der Waals surface area contributed by atoms with Crippen LogP contribution in [0.25, 0.3) is 5.69 Å². The van der Waals surface area contributed by atoms with Gasteiger partial charge < -0.3 is 4.57 Å². The number of benzene rings is 3. The molecule has 0 saturated heterocycles. The van der Waals surface area contributed by atoms with Crippen LogP contribution in [0.1, 0.15) is 39.2 Å². The molecule has 7 nitrogen and oxygen atoms in total. The summed E-state index contributed by atoms with van der Waals surface area (Å²) in [5.74, 6) is -0.574. The summed E-state index contributed by atoms with van der Waals surface area (Å²) in [4.78, 5) is 13.0. The second-order valence-electron chi connectivity index (χ2n) is 10.0. The number of hydrogen-bond acceptors (Lipinski definition) is 4. The summed E-state index contributed by atoms with van der Waals surface area (Å²) in [5, 5.41) is 4.57. The molecule has 4 rings (SSSR count). The molecule has 0 radical (unpaired) electrons. The summed E-state index contributed by atoms with van der Waals surface area (Å²) in [6.07, 6.45) is 1.58. The van der Waals surface area contributed by atoms with Crippen LogP contribution >= 0.6 is 11.6 Å². The minimum atomic E-state index is -4.06. The van der Waals surface area contributed by atoms with Crippen molar-refractivity contribution in [3.63, 3.8) is 0 Å². The normalized spacial score (nSPS) is 11.7. The van der Waals surface area contributed by atoms with Gasteiger partial charge in [0.15, 0.2) is 0 Å². The Labute approximate surface area is 241 Å². The first-order valence-electron chi connectivity index (χ1n) is 12.8. The third-order valence-corrected chi connectivity index (χ3v) is 8.84. The second-order valence-corrected chi connectivity index (χ2v) is 12.3. The molecule has 0 aliphatic heterocycles. The fourth-order valence-electron chi connectivity index (χ4n) is 4.66. The molecule has 0 unspecified atom stereocenters. The maximum absolute atomic E-state index is 13.6. The lowest BCUT2D eigenvalue weighted by Gasteiger charge is -2.24. The first-order chi connectivity index (χ1) is 18.9. The van der Waals surface area contributed by atoms with Crippen LogP contribution in [0.4, 0.5) is 5.69 Å². The molecule has 0 aliphatic carbocycles. The number of nitrogens with zero attached hydrogens (tertiary/aromatic N) is 3. The molecule has 0 atom stereocenters. The molecule has 4 aromatic rings. The maximum Gasteiger partial charge on any atom is 0.264 e. The molecule has 0 fully saturated rings. The molecule has 0 aliphatic rings. The zero-order valence-electron chi connectivity index (χ0n) is 23.5. The summed E-state index contributed by atoms with van der Waals surface area (Å²) in [6, 6.07) is 19.5. The number of aryl methyl sites for hydroxylation is 5. The van der Waals surface area contributed by atoms with Crippen LogP contribution in [0.2, 0.25) is 5.02 Å². The van der Waals surface area contributed by atoms with Gasteiger partial charge in [-0.05, 0) is 118 Å². The van der Waals surface area contributed by atoms with Gasteiger partial charge in [0, 0.05) is 27.7 Å². The van der Waals surface area contributed by atoms with E-state index in [0.29, 0.717) is 10.7 Å². The van der Waals surface area contributed by atoms with E-state index in [-0.39, 0.29) is 4.90 Å². The van der Waals surface area contributed by atoms with Crippen LogP contribution < -0.4 is 9.73 Å². The highest BCUT2D eigenvalue weighted by Crippen LogP contribution is 2.27. The van der Waals surface area contributed by atoms with Crippen molar-refractivity contribution < 1.29 is 13.2 Å². The Morgan fingerprint density at radius 2 is 1.55 bits per heavy atom. The monoisotopic (exact) mass is 576 g/mol. The van der Waals surface area contributed by atoms with Crippen molar-refractivity contribution in [3.8, 4) is 5.69 Å². The molecule has 3 aromatic carbocycles. The first kappa shape index (κ1) is 29.1. The first-order valence-corrected chi connectivity index (χ1v) is 14.6. The number of sulfonamides is 1. The van der Waals surface area contributed by atoms with Crippen molar-refractivity contribution in [2.45, 2.75) is 46.4 Å². The molecule has 0 spiro atoms. The smallest absolute Gasteiger partial charge is 0.264 e. The lowest BCUT2D eigenvalue weighted by Crippen LogP contribution is -2.39. The second kappa shape index (κ2) is 11.7.